The van der Waals surface area contributed by atoms with Crippen molar-refractivity contribution < 1.29 is 0 Å². The predicted octanol–water partition coefficient (Wildman–Crippen LogP) is 3.37. The van der Waals surface area contributed by atoms with E-state index in [4.69, 9.17) is 11.6 Å². The Balaban J connectivity index is 2.60. The van der Waals surface area contributed by atoms with Gasteiger partial charge in [0.25, 0.3) is 0 Å². The van der Waals surface area contributed by atoms with Crippen molar-refractivity contribution in [3.8, 4) is 0 Å². The zero-order valence-corrected chi connectivity index (χ0v) is 10.4. The number of halogens is 1. The lowest BCUT2D eigenvalue weighted by atomic mass is 9.97. The van der Waals surface area contributed by atoms with Crippen LogP contribution in [-0.4, -0.2) is 14.6 Å². The first-order valence-electron chi connectivity index (χ1n) is 5.69. The van der Waals surface area contributed by atoms with Crippen LogP contribution >= 0.6 is 11.6 Å². The van der Waals surface area contributed by atoms with Crippen LogP contribution in [0.5, 0.6) is 0 Å². The Hall–Kier alpha value is -1.09. The van der Waals surface area contributed by atoms with Gasteiger partial charge in [0.2, 0.25) is 0 Å². The topological polar surface area (TPSA) is 30.2 Å². The Morgan fingerprint density at radius 3 is 2.75 bits per heavy atom. The molecule has 4 heteroatoms. The number of rotatable bonds is 4. The molecule has 0 amide bonds. The van der Waals surface area contributed by atoms with Gasteiger partial charge in [-0.25, -0.2) is 9.50 Å². The second-order valence-corrected chi connectivity index (χ2v) is 4.17. The molecular formula is C12H16ClN3. The molecule has 0 aliphatic rings. The van der Waals surface area contributed by atoms with Gasteiger partial charge in [0.05, 0.1) is 11.6 Å². The van der Waals surface area contributed by atoms with E-state index in [9.17, 15) is 0 Å². The van der Waals surface area contributed by atoms with E-state index in [2.05, 4.69) is 23.9 Å². The van der Waals surface area contributed by atoms with Crippen molar-refractivity contribution in [2.45, 2.75) is 38.5 Å². The third kappa shape index (κ3) is 1.80. The monoisotopic (exact) mass is 237 g/mol. The first-order chi connectivity index (χ1) is 7.81. The van der Waals surface area contributed by atoms with E-state index in [1.807, 2.05) is 16.8 Å². The molecule has 0 fully saturated rings. The average molecular weight is 238 g/mol. The fraction of sp³-hybridized carbons (Fsp3) is 0.500. The summed E-state index contributed by atoms with van der Waals surface area (Å²) in [6.45, 7) is 4.37. The van der Waals surface area contributed by atoms with E-state index in [0.29, 0.717) is 11.8 Å². The van der Waals surface area contributed by atoms with E-state index < -0.39 is 0 Å². The molecule has 86 valence electrons. The van der Waals surface area contributed by atoms with Crippen LogP contribution in [0.4, 0.5) is 0 Å². The van der Waals surface area contributed by atoms with Crippen molar-refractivity contribution in [3.63, 3.8) is 0 Å². The summed E-state index contributed by atoms with van der Waals surface area (Å²) in [5.74, 6) is 0.960. The first kappa shape index (κ1) is 11.4. The van der Waals surface area contributed by atoms with Gasteiger partial charge in [-0.2, -0.15) is 5.10 Å². The number of hydrogen-bond donors (Lipinski definition) is 0. The molecule has 0 N–H and O–H groups in total. The van der Waals surface area contributed by atoms with Crippen molar-refractivity contribution >= 4 is 17.2 Å². The molecule has 0 saturated heterocycles. The lowest BCUT2D eigenvalue weighted by molar-refractivity contribution is 0.613. The molecule has 0 atom stereocenters. The van der Waals surface area contributed by atoms with E-state index in [-0.39, 0.29) is 0 Å². The molecule has 0 unspecified atom stereocenters. The summed E-state index contributed by atoms with van der Waals surface area (Å²) in [7, 11) is 0. The summed E-state index contributed by atoms with van der Waals surface area (Å²) in [5.41, 5.74) is 3.08. The molecule has 0 aromatic carbocycles. The summed E-state index contributed by atoms with van der Waals surface area (Å²) < 4.78 is 1.82. The van der Waals surface area contributed by atoms with Gasteiger partial charge in [0.15, 0.2) is 5.65 Å². The van der Waals surface area contributed by atoms with E-state index in [1.54, 1.807) is 6.20 Å². The van der Waals surface area contributed by atoms with Crippen molar-refractivity contribution in [2.75, 3.05) is 0 Å². The minimum absolute atomic E-state index is 0.479. The van der Waals surface area contributed by atoms with Crippen molar-refractivity contribution in [2.24, 2.45) is 0 Å². The van der Waals surface area contributed by atoms with E-state index >= 15 is 0 Å². The second-order valence-electron chi connectivity index (χ2n) is 3.90. The summed E-state index contributed by atoms with van der Waals surface area (Å²) in [6.07, 6.45) is 5.88. The Morgan fingerprint density at radius 2 is 2.12 bits per heavy atom. The molecule has 0 aliphatic carbocycles. The molecule has 0 spiro atoms. The van der Waals surface area contributed by atoms with Crippen LogP contribution < -0.4 is 0 Å². The van der Waals surface area contributed by atoms with E-state index in [1.165, 1.54) is 0 Å². The fourth-order valence-electron chi connectivity index (χ4n) is 2.08. The highest BCUT2D eigenvalue weighted by Gasteiger charge is 2.18. The van der Waals surface area contributed by atoms with E-state index in [0.717, 1.165) is 29.7 Å². The summed E-state index contributed by atoms with van der Waals surface area (Å²) in [5, 5.41) is 4.60. The van der Waals surface area contributed by atoms with Crippen LogP contribution in [0.2, 0.25) is 0 Å². The second kappa shape index (κ2) is 4.83. The standard InChI is InChI=1S/C12H16ClN3/c1-3-9(4-2)11-10(8-13)12-14-6-5-7-16(12)15-11/h5-7,9H,3-4,8H2,1-2H3. The Kier molecular flexibility index (Phi) is 3.44. The average Bonchev–Trinajstić information content (AvgIpc) is 2.69. The molecule has 0 aliphatic heterocycles. The summed E-state index contributed by atoms with van der Waals surface area (Å²) >= 11 is 6.02. The smallest absolute Gasteiger partial charge is 0.159 e. The Labute approximate surface area is 100 Å². The number of nitrogens with zero attached hydrogens (tertiary/aromatic N) is 3. The molecule has 0 bridgehead atoms. The lowest BCUT2D eigenvalue weighted by Gasteiger charge is -2.09. The predicted molar refractivity (Wildman–Crippen MR) is 65.9 cm³/mol. The highest BCUT2D eigenvalue weighted by atomic mass is 35.5. The highest BCUT2D eigenvalue weighted by Crippen LogP contribution is 2.28. The van der Waals surface area contributed by atoms with Crippen molar-refractivity contribution in [1.82, 2.24) is 14.6 Å². The zero-order chi connectivity index (χ0) is 11.5. The maximum Gasteiger partial charge on any atom is 0.159 e. The number of aromatic nitrogens is 3. The maximum atomic E-state index is 6.02. The minimum Gasteiger partial charge on any atom is -0.237 e. The molecule has 3 nitrogen and oxygen atoms in total. The molecule has 0 radical (unpaired) electrons. The zero-order valence-electron chi connectivity index (χ0n) is 9.65. The fourth-order valence-corrected chi connectivity index (χ4v) is 2.34. The van der Waals surface area contributed by atoms with Crippen LogP contribution in [-0.2, 0) is 5.88 Å². The maximum absolute atomic E-state index is 6.02. The molecule has 16 heavy (non-hydrogen) atoms. The van der Waals surface area contributed by atoms with Gasteiger partial charge in [-0.05, 0) is 18.9 Å². The normalized spacial score (nSPS) is 11.5. The van der Waals surface area contributed by atoms with Crippen LogP contribution in [0, 0.1) is 0 Å². The molecule has 2 rings (SSSR count). The Morgan fingerprint density at radius 1 is 1.38 bits per heavy atom. The van der Waals surface area contributed by atoms with Gasteiger partial charge < -0.3 is 0 Å². The van der Waals surface area contributed by atoms with Crippen LogP contribution in [0.15, 0.2) is 18.5 Å². The minimum atomic E-state index is 0.479. The lowest BCUT2D eigenvalue weighted by Crippen LogP contribution is -1.99. The van der Waals surface area contributed by atoms with Gasteiger partial charge in [0.1, 0.15) is 0 Å². The molecule has 2 heterocycles. The SMILES string of the molecule is CCC(CC)c1nn2cccnc2c1CCl. The first-order valence-corrected chi connectivity index (χ1v) is 6.23. The summed E-state index contributed by atoms with van der Waals surface area (Å²) in [4.78, 5) is 4.34. The van der Waals surface area contributed by atoms with Crippen LogP contribution in [0.25, 0.3) is 5.65 Å². The van der Waals surface area contributed by atoms with Gasteiger partial charge >= 0.3 is 0 Å². The number of hydrogen-bond acceptors (Lipinski definition) is 2. The van der Waals surface area contributed by atoms with Gasteiger partial charge in [-0.3, -0.25) is 0 Å². The third-order valence-electron chi connectivity index (χ3n) is 3.03. The third-order valence-corrected chi connectivity index (χ3v) is 3.29. The van der Waals surface area contributed by atoms with Crippen LogP contribution in [0.3, 0.4) is 0 Å². The molecule has 2 aromatic rings. The van der Waals surface area contributed by atoms with Gasteiger partial charge in [0, 0.05) is 23.9 Å². The summed E-state index contributed by atoms with van der Waals surface area (Å²) in [6, 6.07) is 1.88. The van der Waals surface area contributed by atoms with Crippen LogP contribution in [0.1, 0.15) is 43.9 Å². The molecular weight excluding hydrogens is 222 g/mol. The van der Waals surface area contributed by atoms with Crippen molar-refractivity contribution in [1.29, 1.82) is 0 Å². The largest absolute Gasteiger partial charge is 0.237 e. The molecule has 0 saturated carbocycles. The number of fused-ring (bicyclic) bond motifs is 1. The van der Waals surface area contributed by atoms with Gasteiger partial charge in [-0.1, -0.05) is 13.8 Å². The highest BCUT2D eigenvalue weighted by molar-refractivity contribution is 6.17. The van der Waals surface area contributed by atoms with Crippen molar-refractivity contribution in [3.05, 3.63) is 29.7 Å². The molecule has 2 aromatic heterocycles. The Bertz CT molecular complexity index is 474. The number of alkyl halides is 1. The van der Waals surface area contributed by atoms with Gasteiger partial charge in [-0.15, -0.1) is 11.6 Å². The quantitative estimate of drug-likeness (QED) is 0.764.